The highest BCUT2D eigenvalue weighted by Crippen LogP contribution is 2.17. The summed E-state index contributed by atoms with van der Waals surface area (Å²) in [6.45, 7) is 6.32. The van der Waals surface area contributed by atoms with Crippen molar-refractivity contribution in [3.63, 3.8) is 0 Å². The van der Waals surface area contributed by atoms with E-state index >= 15 is 0 Å². The van der Waals surface area contributed by atoms with Crippen molar-refractivity contribution >= 4 is 11.8 Å². The minimum absolute atomic E-state index is 0.0573. The minimum Gasteiger partial charge on any atom is -0.497 e. The summed E-state index contributed by atoms with van der Waals surface area (Å²) in [6, 6.07) is 16.8. The normalized spacial score (nSPS) is 12.7. The number of amides is 2. The zero-order valence-corrected chi connectivity index (χ0v) is 17.9. The highest BCUT2D eigenvalue weighted by molar-refractivity contribution is 5.88. The number of hydrogen-bond donors (Lipinski definition) is 1. The maximum Gasteiger partial charge on any atom is 0.243 e. The van der Waals surface area contributed by atoms with Crippen LogP contribution >= 0.6 is 0 Å². The van der Waals surface area contributed by atoms with Crippen LogP contribution in [0.4, 0.5) is 0 Å². The predicted octanol–water partition coefficient (Wildman–Crippen LogP) is 3.96. The first-order valence-corrected chi connectivity index (χ1v) is 10.2. The van der Waals surface area contributed by atoms with E-state index in [0.29, 0.717) is 13.0 Å². The lowest BCUT2D eigenvalue weighted by molar-refractivity contribution is -0.141. The highest BCUT2D eigenvalue weighted by Gasteiger charge is 2.29. The molecule has 0 heterocycles. The summed E-state index contributed by atoms with van der Waals surface area (Å²) >= 11 is 0. The zero-order valence-electron chi connectivity index (χ0n) is 17.9. The minimum atomic E-state index is -0.512. The number of nitrogens with one attached hydrogen (secondary N) is 1. The molecule has 0 bridgehead atoms. The monoisotopic (exact) mass is 396 g/mol. The summed E-state index contributed by atoms with van der Waals surface area (Å²) in [6.07, 6.45) is 1.67. The molecule has 2 aromatic carbocycles. The molecule has 1 N–H and O–H groups in total. The summed E-state index contributed by atoms with van der Waals surface area (Å²) in [5, 5.41) is 3.03. The summed E-state index contributed by atoms with van der Waals surface area (Å²) in [5.41, 5.74) is 1.90. The Morgan fingerprint density at radius 3 is 2.17 bits per heavy atom. The topological polar surface area (TPSA) is 58.6 Å². The van der Waals surface area contributed by atoms with Crippen molar-refractivity contribution in [2.45, 2.75) is 58.7 Å². The molecule has 29 heavy (non-hydrogen) atoms. The van der Waals surface area contributed by atoms with Gasteiger partial charge in [-0.2, -0.15) is 0 Å². The number of carbonyl (C=O) groups excluding carboxylic acids is 2. The molecule has 0 fully saturated rings. The number of ether oxygens (including phenoxy) is 1. The van der Waals surface area contributed by atoms with Crippen LogP contribution in [0.5, 0.6) is 5.75 Å². The molecule has 2 unspecified atom stereocenters. The standard InChI is InChI=1S/C24H32N2O3/c1-5-18(3)25-24(28)22(6-2)26(17-20-12-14-21(29-4)15-13-20)23(27)16-19-10-8-7-9-11-19/h7-15,18,22H,5-6,16-17H2,1-4H3,(H,25,28). The van der Waals surface area contributed by atoms with Crippen LogP contribution < -0.4 is 10.1 Å². The lowest BCUT2D eigenvalue weighted by atomic mass is 10.1. The third-order valence-electron chi connectivity index (χ3n) is 5.10. The van der Waals surface area contributed by atoms with E-state index in [0.717, 1.165) is 23.3 Å². The van der Waals surface area contributed by atoms with Crippen LogP contribution in [0.2, 0.25) is 0 Å². The summed E-state index contributed by atoms with van der Waals surface area (Å²) in [4.78, 5) is 27.8. The molecular formula is C24H32N2O3. The second kappa shape index (κ2) is 11.2. The molecule has 0 saturated heterocycles. The Balaban J connectivity index is 2.26. The second-order valence-electron chi connectivity index (χ2n) is 7.27. The smallest absolute Gasteiger partial charge is 0.243 e. The van der Waals surface area contributed by atoms with Gasteiger partial charge in [-0.05, 0) is 43.0 Å². The van der Waals surface area contributed by atoms with Gasteiger partial charge in [0.25, 0.3) is 0 Å². The largest absolute Gasteiger partial charge is 0.497 e. The van der Waals surface area contributed by atoms with Crippen molar-refractivity contribution in [3.8, 4) is 5.75 Å². The lowest BCUT2D eigenvalue weighted by Crippen LogP contribution is -2.51. The van der Waals surface area contributed by atoms with E-state index in [1.807, 2.05) is 75.4 Å². The fourth-order valence-corrected chi connectivity index (χ4v) is 3.16. The molecule has 156 valence electrons. The van der Waals surface area contributed by atoms with Gasteiger partial charge in [0, 0.05) is 12.6 Å². The molecule has 0 radical (unpaired) electrons. The van der Waals surface area contributed by atoms with Crippen molar-refractivity contribution < 1.29 is 14.3 Å². The molecule has 2 atom stereocenters. The maximum absolute atomic E-state index is 13.2. The third kappa shape index (κ3) is 6.63. The Labute approximate surface area is 174 Å². The fraction of sp³-hybridized carbons (Fsp3) is 0.417. The molecular weight excluding hydrogens is 364 g/mol. The molecule has 0 saturated carbocycles. The van der Waals surface area contributed by atoms with E-state index in [1.165, 1.54) is 0 Å². The van der Waals surface area contributed by atoms with Crippen LogP contribution in [0.1, 0.15) is 44.7 Å². The van der Waals surface area contributed by atoms with Crippen LogP contribution in [0.25, 0.3) is 0 Å². The third-order valence-corrected chi connectivity index (χ3v) is 5.10. The van der Waals surface area contributed by atoms with Gasteiger partial charge in [-0.3, -0.25) is 9.59 Å². The van der Waals surface area contributed by atoms with Gasteiger partial charge in [-0.1, -0.05) is 56.3 Å². The molecule has 0 aromatic heterocycles. The number of methoxy groups -OCH3 is 1. The molecule has 2 aromatic rings. The number of nitrogens with zero attached hydrogens (tertiary/aromatic N) is 1. The number of rotatable bonds is 10. The zero-order chi connectivity index (χ0) is 21.2. The van der Waals surface area contributed by atoms with Gasteiger partial charge < -0.3 is 15.0 Å². The first-order chi connectivity index (χ1) is 14.0. The van der Waals surface area contributed by atoms with Crippen molar-refractivity contribution in [2.75, 3.05) is 7.11 Å². The van der Waals surface area contributed by atoms with Crippen LogP contribution in [-0.4, -0.2) is 35.9 Å². The molecule has 5 heteroatoms. The van der Waals surface area contributed by atoms with Gasteiger partial charge in [0.15, 0.2) is 0 Å². The van der Waals surface area contributed by atoms with E-state index in [4.69, 9.17) is 4.74 Å². The van der Waals surface area contributed by atoms with E-state index in [1.54, 1.807) is 12.0 Å². The molecule has 0 aliphatic heterocycles. The first-order valence-electron chi connectivity index (χ1n) is 10.2. The van der Waals surface area contributed by atoms with Crippen molar-refractivity contribution in [2.24, 2.45) is 0 Å². The summed E-state index contributed by atoms with van der Waals surface area (Å²) in [7, 11) is 1.62. The van der Waals surface area contributed by atoms with Crippen molar-refractivity contribution in [1.82, 2.24) is 10.2 Å². The number of carbonyl (C=O) groups is 2. The Morgan fingerprint density at radius 2 is 1.62 bits per heavy atom. The molecule has 0 aliphatic carbocycles. The maximum atomic E-state index is 13.2. The quantitative estimate of drug-likeness (QED) is 0.661. The Kier molecular flexibility index (Phi) is 8.71. The van der Waals surface area contributed by atoms with Crippen LogP contribution in [0.3, 0.4) is 0 Å². The van der Waals surface area contributed by atoms with Gasteiger partial charge in [0.05, 0.1) is 13.5 Å². The molecule has 0 aliphatic rings. The summed E-state index contributed by atoms with van der Waals surface area (Å²) in [5.74, 6) is 0.604. The molecule has 5 nitrogen and oxygen atoms in total. The molecule has 0 spiro atoms. The van der Waals surface area contributed by atoms with Gasteiger partial charge in [0.2, 0.25) is 11.8 Å². The van der Waals surface area contributed by atoms with E-state index < -0.39 is 6.04 Å². The van der Waals surface area contributed by atoms with Gasteiger partial charge >= 0.3 is 0 Å². The Bertz CT molecular complexity index is 774. The lowest BCUT2D eigenvalue weighted by Gasteiger charge is -2.31. The van der Waals surface area contributed by atoms with Gasteiger partial charge in [0.1, 0.15) is 11.8 Å². The van der Waals surface area contributed by atoms with Crippen molar-refractivity contribution in [1.29, 1.82) is 0 Å². The van der Waals surface area contributed by atoms with Gasteiger partial charge in [-0.15, -0.1) is 0 Å². The first kappa shape index (κ1) is 22.5. The average Bonchev–Trinajstić information content (AvgIpc) is 2.74. The molecule has 2 amide bonds. The van der Waals surface area contributed by atoms with E-state index in [-0.39, 0.29) is 24.3 Å². The highest BCUT2D eigenvalue weighted by atomic mass is 16.5. The molecule has 2 rings (SSSR count). The average molecular weight is 397 g/mol. The van der Waals surface area contributed by atoms with Crippen molar-refractivity contribution in [3.05, 3.63) is 65.7 Å². The van der Waals surface area contributed by atoms with Crippen LogP contribution in [0.15, 0.2) is 54.6 Å². The number of benzene rings is 2. The SMILES string of the molecule is CCC(C)NC(=O)C(CC)N(Cc1ccc(OC)cc1)C(=O)Cc1ccccc1. The number of hydrogen-bond acceptors (Lipinski definition) is 3. The van der Waals surface area contributed by atoms with Crippen LogP contribution in [0, 0.1) is 0 Å². The van der Waals surface area contributed by atoms with Crippen LogP contribution in [-0.2, 0) is 22.6 Å². The van der Waals surface area contributed by atoms with Gasteiger partial charge in [-0.25, -0.2) is 0 Å². The fourth-order valence-electron chi connectivity index (χ4n) is 3.16. The van der Waals surface area contributed by atoms with E-state index in [9.17, 15) is 9.59 Å². The Hall–Kier alpha value is -2.82. The second-order valence-corrected chi connectivity index (χ2v) is 7.27. The predicted molar refractivity (Wildman–Crippen MR) is 116 cm³/mol. The summed E-state index contributed by atoms with van der Waals surface area (Å²) < 4.78 is 5.22. The van der Waals surface area contributed by atoms with E-state index in [2.05, 4.69) is 5.32 Å². The Morgan fingerprint density at radius 1 is 0.966 bits per heavy atom.